The van der Waals surface area contributed by atoms with Crippen LogP contribution in [0.4, 0.5) is 0 Å². The number of allylic oxidation sites excluding steroid dienone is 3. The first-order valence-electron chi connectivity index (χ1n) is 6.26. The van der Waals surface area contributed by atoms with Crippen LogP contribution in [-0.4, -0.2) is 0 Å². The maximum atomic E-state index is 2.22. The largest absolute Gasteiger partial charge is 0.0795 e. The Kier molecular flexibility index (Phi) is 4.14. The van der Waals surface area contributed by atoms with Gasteiger partial charge in [0, 0.05) is 0 Å². The fourth-order valence-electron chi connectivity index (χ4n) is 2.12. The van der Waals surface area contributed by atoms with Crippen molar-refractivity contribution in [2.24, 2.45) is 0 Å². The second-order valence-electron chi connectivity index (χ2n) is 4.31. The van der Waals surface area contributed by atoms with Crippen LogP contribution in [0.2, 0.25) is 0 Å². The second-order valence-corrected chi connectivity index (χ2v) is 4.31. The average molecular weight is 234 g/mol. The van der Waals surface area contributed by atoms with E-state index in [2.05, 4.69) is 74.5 Å². The SMILES string of the molecule is C/C=C(/C(C)=C/c1ccccc1)c1ccccc1. The van der Waals surface area contributed by atoms with E-state index in [4.69, 9.17) is 0 Å². The Labute approximate surface area is 109 Å². The molecule has 0 aliphatic carbocycles. The molecule has 0 heteroatoms. The van der Waals surface area contributed by atoms with Crippen molar-refractivity contribution < 1.29 is 0 Å². The molecule has 0 saturated carbocycles. The summed E-state index contributed by atoms with van der Waals surface area (Å²) in [5.74, 6) is 0. The fraction of sp³-hybridized carbons (Fsp3) is 0.111. The molecule has 0 N–H and O–H groups in total. The molecule has 0 aliphatic heterocycles. The summed E-state index contributed by atoms with van der Waals surface area (Å²) in [6.45, 7) is 4.25. The van der Waals surface area contributed by atoms with Crippen molar-refractivity contribution in [3.63, 3.8) is 0 Å². The van der Waals surface area contributed by atoms with Gasteiger partial charge in [0.2, 0.25) is 0 Å². The zero-order valence-corrected chi connectivity index (χ0v) is 10.9. The highest BCUT2D eigenvalue weighted by Gasteiger charge is 2.02. The Bertz CT molecular complexity index is 545. The van der Waals surface area contributed by atoms with Crippen molar-refractivity contribution in [2.45, 2.75) is 13.8 Å². The fourth-order valence-corrected chi connectivity index (χ4v) is 2.12. The minimum atomic E-state index is 1.24. The van der Waals surface area contributed by atoms with E-state index in [1.807, 2.05) is 12.1 Å². The molecule has 0 atom stereocenters. The van der Waals surface area contributed by atoms with Crippen molar-refractivity contribution in [1.82, 2.24) is 0 Å². The summed E-state index contributed by atoms with van der Waals surface area (Å²) in [5, 5.41) is 0. The van der Waals surface area contributed by atoms with Gasteiger partial charge in [0.25, 0.3) is 0 Å². The number of rotatable bonds is 3. The Morgan fingerprint density at radius 2 is 1.39 bits per heavy atom. The summed E-state index contributed by atoms with van der Waals surface area (Å²) in [6.07, 6.45) is 4.40. The lowest BCUT2D eigenvalue weighted by molar-refractivity contribution is 1.49. The molecule has 0 nitrogen and oxygen atoms in total. The monoisotopic (exact) mass is 234 g/mol. The van der Waals surface area contributed by atoms with Crippen LogP contribution >= 0.6 is 0 Å². The van der Waals surface area contributed by atoms with E-state index >= 15 is 0 Å². The van der Waals surface area contributed by atoms with Gasteiger partial charge >= 0.3 is 0 Å². The van der Waals surface area contributed by atoms with Crippen LogP contribution < -0.4 is 0 Å². The van der Waals surface area contributed by atoms with Crippen LogP contribution in [-0.2, 0) is 0 Å². The van der Waals surface area contributed by atoms with E-state index in [-0.39, 0.29) is 0 Å². The predicted molar refractivity (Wildman–Crippen MR) is 80.2 cm³/mol. The maximum Gasteiger partial charge on any atom is -0.0185 e. The third-order valence-corrected chi connectivity index (χ3v) is 2.98. The van der Waals surface area contributed by atoms with Crippen molar-refractivity contribution in [3.8, 4) is 0 Å². The van der Waals surface area contributed by atoms with Gasteiger partial charge in [0.15, 0.2) is 0 Å². The number of hydrogen-bond donors (Lipinski definition) is 0. The highest BCUT2D eigenvalue weighted by Crippen LogP contribution is 2.24. The number of benzene rings is 2. The number of hydrogen-bond acceptors (Lipinski definition) is 0. The summed E-state index contributed by atoms with van der Waals surface area (Å²) in [6, 6.07) is 20.9. The van der Waals surface area contributed by atoms with Crippen LogP contribution in [0.25, 0.3) is 11.6 Å². The van der Waals surface area contributed by atoms with E-state index < -0.39 is 0 Å². The topological polar surface area (TPSA) is 0 Å². The Balaban J connectivity index is 2.33. The Morgan fingerprint density at radius 1 is 0.833 bits per heavy atom. The van der Waals surface area contributed by atoms with E-state index in [0.717, 1.165) is 0 Å². The van der Waals surface area contributed by atoms with Crippen molar-refractivity contribution in [1.29, 1.82) is 0 Å². The van der Waals surface area contributed by atoms with Gasteiger partial charge in [0.05, 0.1) is 0 Å². The molecule has 2 aromatic rings. The van der Waals surface area contributed by atoms with Gasteiger partial charge in [-0.05, 0) is 36.1 Å². The molecular formula is C18H18. The first-order valence-corrected chi connectivity index (χ1v) is 6.26. The predicted octanol–water partition coefficient (Wildman–Crippen LogP) is 5.19. The molecule has 0 saturated heterocycles. The highest BCUT2D eigenvalue weighted by atomic mass is 14.1. The minimum Gasteiger partial charge on any atom is -0.0795 e. The van der Waals surface area contributed by atoms with Crippen LogP contribution in [0, 0.1) is 0 Å². The summed E-state index contributed by atoms with van der Waals surface area (Å²) < 4.78 is 0. The first kappa shape index (κ1) is 12.4. The van der Waals surface area contributed by atoms with Crippen molar-refractivity contribution in [2.75, 3.05) is 0 Å². The molecule has 2 aromatic carbocycles. The molecule has 0 aliphatic rings. The standard InChI is InChI=1S/C18H18/c1-3-18(17-12-8-5-9-13-17)15(2)14-16-10-6-4-7-11-16/h3-14H,1-2H3/b15-14+,18-3-. The van der Waals surface area contributed by atoms with Gasteiger partial charge in [-0.1, -0.05) is 72.8 Å². The molecule has 0 amide bonds. The van der Waals surface area contributed by atoms with Gasteiger partial charge in [-0.15, -0.1) is 0 Å². The molecule has 0 bridgehead atoms. The van der Waals surface area contributed by atoms with E-state index in [0.29, 0.717) is 0 Å². The molecule has 0 heterocycles. The zero-order chi connectivity index (χ0) is 12.8. The van der Waals surface area contributed by atoms with Gasteiger partial charge in [-0.2, -0.15) is 0 Å². The van der Waals surface area contributed by atoms with E-state index in [1.54, 1.807) is 0 Å². The molecule has 2 rings (SSSR count). The van der Waals surface area contributed by atoms with Crippen LogP contribution in [0.5, 0.6) is 0 Å². The summed E-state index contributed by atoms with van der Waals surface area (Å²) >= 11 is 0. The van der Waals surface area contributed by atoms with Crippen molar-refractivity contribution in [3.05, 3.63) is 83.4 Å². The zero-order valence-electron chi connectivity index (χ0n) is 10.9. The highest BCUT2D eigenvalue weighted by molar-refractivity contribution is 5.83. The average Bonchev–Trinajstić information content (AvgIpc) is 2.42. The van der Waals surface area contributed by atoms with Gasteiger partial charge in [0.1, 0.15) is 0 Å². The molecule has 0 fully saturated rings. The third-order valence-electron chi connectivity index (χ3n) is 2.98. The molecule has 90 valence electrons. The molecule has 0 radical (unpaired) electrons. The Morgan fingerprint density at radius 3 is 1.94 bits per heavy atom. The van der Waals surface area contributed by atoms with Gasteiger partial charge in [-0.3, -0.25) is 0 Å². The van der Waals surface area contributed by atoms with Crippen LogP contribution in [0.15, 0.2) is 72.3 Å². The first-order chi connectivity index (χ1) is 8.81. The maximum absolute atomic E-state index is 2.22. The summed E-state index contributed by atoms with van der Waals surface area (Å²) in [7, 11) is 0. The quantitative estimate of drug-likeness (QED) is 0.641. The Hall–Kier alpha value is -2.08. The van der Waals surface area contributed by atoms with E-state index in [9.17, 15) is 0 Å². The normalized spacial score (nSPS) is 12.6. The molecule has 0 spiro atoms. The van der Waals surface area contributed by atoms with Crippen LogP contribution in [0.3, 0.4) is 0 Å². The lowest BCUT2D eigenvalue weighted by Crippen LogP contribution is -1.86. The molecule has 0 aromatic heterocycles. The summed E-state index contributed by atoms with van der Waals surface area (Å²) in [4.78, 5) is 0. The van der Waals surface area contributed by atoms with Crippen LogP contribution in [0.1, 0.15) is 25.0 Å². The molecular weight excluding hydrogens is 216 g/mol. The van der Waals surface area contributed by atoms with Gasteiger partial charge < -0.3 is 0 Å². The smallest absolute Gasteiger partial charge is 0.0185 e. The second kappa shape index (κ2) is 6.02. The third kappa shape index (κ3) is 2.98. The van der Waals surface area contributed by atoms with Crippen molar-refractivity contribution >= 4 is 11.6 Å². The van der Waals surface area contributed by atoms with E-state index in [1.165, 1.54) is 22.3 Å². The molecule has 18 heavy (non-hydrogen) atoms. The summed E-state index contributed by atoms with van der Waals surface area (Å²) in [5.41, 5.74) is 5.09. The lowest BCUT2D eigenvalue weighted by atomic mass is 9.97. The van der Waals surface area contributed by atoms with Gasteiger partial charge in [-0.25, -0.2) is 0 Å². The minimum absolute atomic E-state index is 1.24. The molecule has 0 unspecified atom stereocenters. The lowest BCUT2D eigenvalue weighted by Gasteiger charge is -2.08.